The molecule has 0 saturated heterocycles. The van der Waals surface area contributed by atoms with Gasteiger partial charge in [0.25, 0.3) is 0 Å². The Bertz CT molecular complexity index is 398. The Hall–Kier alpha value is 0.557. The first kappa shape index (κ1) is 19.6. The van der Waals surface area contributed by atoms with Gasteiger partial charge in [-0.15, -0.1) is 0 Å². The van der Waals surface area contributed by atoms with Gasteiger partial charge in [-0.05, 0) is 68.6 Å². The zero-order valence-electron chi connectivity index (χ0n) is 14.6. The summed E-state index contributed by atoms with van der Waals surface area (Å²) < 4.78 is 17.2. The fraction of sp³-hybridized carbons (Fsp3) is 1.00. The van der Waals surface area contributed by atoms with Crippen LogP contribution in [0.5, 0.6) is 0 Å². The molecule has 0 aliphatic rings. The molecule has 0 heterocycles. The monoisotopic (exact) mass is 325 g/mol. The molecule has 0 aliphatic carbocycles. The van der Waals surface area contributed by atoms with Crippen LogP contribution in [0.25, 0.3) is 0 Å². The molecule has 0 bridgehead atoms. The van der Waals surface area contributed by atoms with E-state index in [9.17, 15) is 0 Å². The van der Waals surface area contributed by atoms with E-state index in [0.717, 1.165) is 0 Å². The van der Waals surface area contributed by atoms with Crippen molar-refractivity contribution in [1.82, 2.24) is 14.0 Å². The zero-order valence-corrected chi connectivity index (χ0v) is 17.4. The van der Waals surface area contributed by atoms with Crippen molar-refractivity contribution in [2.75, 3.05) is 55.6 Å². The zero-order chi connectivity index (χ0) is 15.6. The lowest BCUT2D eigenvalue weighted by Crippen LogP contribution is -2.22. The molecule has 0 amide bonds. The fourth-order valence-electron chi connectivity index (χ4n) is 1.60. The average molecular weight is 325 g/mol. The molecule has 0 saturated carbocycles. The second-order valence-electron chi connectivity index (χ2n) is 6.64. The summed E-state index contributed by atoms with van der Waals surface area (Å²) in [7, 11) is 7.75. The molecule has 0 aliphatic heterocycles. The van der Waals surface area contributed by atoms with Crippen LogP contribution in [0.1, 0.15) is 0 Å². The van der Waals surface area contributed by atoms with Gasteiger partial charge in [0.1, 0.15) is 14.7 Å². The normalized spacial score (nSPS) is 16.9. The van der Waals surface area contributed by atoms with Gasteiger partial charge in [-0.3, -0.25) is 14.0 Å². The number of hydrogen-bond donors (Lipinski definition) is 0. The average Bonchev–Trinajstić information content (AvgIpc) is 2.13. The van der Waals surface area contributed by atoms with Crippen molar-refractivity contribution >= 4 is 22.9 Å². The van der Waals surface area contributed by atoms with Gasteiger partial charge in [0.2, 0.25) is 0 Å². The van der Waals surface area contributed by atoms with Crippen molar-refractivity contribution in [3.05, 3.63) is 0 Å². The van der Waals surface area contributed by atoms with E-state index < -0.39 is 22.9 Å². The number of nitrogens with zero attached hydrogens (tertiary/aromatic N) is 5. The molecule has 0 N–H and O–H groups in total. The Morgan fingerprint density at radius 2 is 1.11 bits per heavy atom. The Morgan fingerprint density at radius 1 is 0.737 bits per heavy atom. The first-order valence-corrected chi connectivity index (χ1v) is 14.1. The molecule has 116 valence electrons. The maximum absolute atomic E-state index is 5.29. The summed E-state index contributed by atoms with van der Waals surface area (Å²) in [5, 5.41) is 0. The molecular formula is C11H33N5P2Si. The Balaban J connectivity index is 6.17. The van der Waals surface area contributed by atoms with Crippen molar-refractivity contribution in [2.24, 2.45) is 8.93 Å². The van der Waals surface area contributed by atoms with Gasteiger partial charge in [0, 0.05) is 6.66 Å². The third-order valence-electron chi connectivity index (χ3n) is 3.10. The third kappa shape index (κ3) is 5.45. The highest BCUT2D eigenvalue weighted by molar-refractivity contribution is 7.73. The lowest BCUT2D eigenvalue weighted by atomic mass is 11.3. The lowest BCUT2D eigenvalue weighted by Gasteiger charge is -2.37. The summed E-state index contributed by atoms with van der Waals surface area (Å²) in [5.74, 6) is 0. The van der Waals surface area contributed by atoms with E-state index >= 15 is 0 Å². The molecule has 8 heteroatoms. The Morgan fingerprint density at radius 3 is 1.32 bits per heavy atom. The largest absolute Gasteiger partial charge is 0.306 e. The van der Waals surface area contributed by atoms with Crippen molar-refractivity contribution in [2.45, 2.75) is 19.6 Å². The molecule has 0 radical (unpaired) electrons. The summed E-state index contributed by atoms with van der Waals surface area (Å²) >= 11 is 0. The van der Waals surface area contributed by atoms with Crippen LogP contribution < -0.4 is 0 Å². The van der Waals surface area contributed by atoms with Crippen LogP contribution in [-0.4, -0.2) is 77.9 Å². The molecule has 0 aromatic rings. The highest BCUT2D eigenvalue weighted by atomic mass is 31.2. The van der Waals surface area contributed by atoms with Crippen LogP contribution >= 0.6 is 14.7 Å². The van der Waals surface area contributed by atoms with E-state index in [-0.39, 0.29) is 0 Å². The van der Waals surface area contributed by atoms with Crippen molar-refractivity contribution in [3.63, 3.8) is 0 Å². The minimum absolute atomic E-state index is 1.51. The summed E-state index contributed by atoms with van der Waals surface area (Å²) in [6, 6.07) is 0. The smallest absolute Gasteiger partial charge is 0.174 e. The number of hydrogen-bond acceptors (Lipinski definition) is 1. The molecule has 0 aromatic heterocycles. The number of rotatable bonds is 5. The van der Waals surface area contributed by atoms with Crippen molar-refractivity contribution < 1.29 is 0 Å². The van der Waals surface area contributed by atoms with Gasteiger partial charge < -0.3 is 4.41 Å². The Labute approximate surface area is 121 Å². The first-order valence-electron chi connectivity index (χ1n) is 6.50. The Kier molecular flexibility index (Phi) is 6.74. The van der Waals surface area contributed by atoms with Crippen molar-refractivity contribution in [3.8, 4) is 0 Å². The molecule has 0 rings (SSSR count). The van der Waals surface area contributed by atoms with Crippen LogP contribution in [0.2, 0.25) is 19.6 Å². The topological polar surface area (TPSA) is 34.4 Å². The van der Waals surface area contributed by atoms with E-state index in [1.54, 1.807) is 0 Å². The van der Waals surface area contributed by atoms with Gasteiger partial charge in [-0.2, -0.15) is 0 Å². The maximum Gasteiger partial charge on any atom is 0.174 e. The first-order chi connectivity index (χ1) is 8.24. The molecule has 1 atom stereocenters. The molecule has 19 heavy (non-hydrogen) atoms. The van der Waals surface area contributed by atoms with E-state index in [2.05, 4.69) is 89.3 Å². The lowest BCUT2D eigenvalue weighted by molar-refractivity contribution is 0.566. The molecule has 5 nitrogen and oxygen atoms in total. The predicted molar refractivity (Wildman–Crippen MR) is 95.0 cm³/mol. The second-order valence-corrected chi connectivity index (χ2v) is 18.4. The summed E-state index contributed by atoms with van der Waals surface area (Å²) in [6.07, 6.45) is 0. The minimum Gasteiger partial charge on any atom is -0.306 e. The van der Waals surface area contributed by atoms with Gasteiger partial charge in [0.05, 0.1) is 0 Å². The molecule has 0 aromatic carbocycles. The SMILES string of the molecule is CN(C)P(C)(=N[Si](C)(C)C)N=P(C)(N(C)C)N(C)C. The predicted octanol–water partition coefficient (Wildman–Crippen LogP) is 3.83. The standard InChI is InChI=1S/C11H33N5P2Si/c1-14(2)17(7,13-19(9,10)11)12-18(8,15(3)4)16(5)6/h1-11H3. The molecule has 0 spiro atoms. The third-order valence-corrected chi connectivity index (χ3v) is 14.3. The van der Waals surface area contributed by atoms with Crippen molar-refractivity contribution in [1.29, 1.82) is 0 Å². The molecule has 0 fully saturated rings. The molecule has 1 unspecified atom stereocenters. The highest BCUT2D eigenvalue weighted by Gasteiger charge is 2.27. The van der Waals surface area contributed by atoms with Crippen LogP contribution in [0.4, 0.5) is 0 Å². The van der Waals surface area contributed by atoms with Crippen LogP contribution in [0, 0.1) is 0 Å². The van der Waals surface area contributed by atoms with E-state index in [4.69, 9.17) is 8.93 Å². The van der Waals surface area contributed by atoms with Gasteiger partial charge >= 0.3 is 0 Å². The fourth-order valence-corrected chi connectivity index (χ4v) is 12.6. The molecular weight excluding hydrogens is 292 g/mol. The van der Waals surface area contributed by atoms with Gasteiger partial charge in [-0.1, -0.05) is 0 Å². The van der Waals surface area contributed by atoms with Crippen LogP contribution in [0.3, 0.4) is 0 Å². The highest BCUT2D eigenvalue weighted by Crippen LogP contribution is 2.63. The summed E-state index contributed by atoms with van der Waals surface area (Å²) in [6.45, 7) is 11.3. The second kappa shape index (κ2) is 6.55. The summed E-state index contributed by atoms with van der Waals surface area (Å²) in [4.78, 5) is 0. The van der Waals surface area contributed by atoms with Crippen LogP contribution in [0.15, 0.2) is 8.93 Å². The van der Waals surface area contributed by atoms with E-state index in [0.29, 0.717) is 0 Å². The van der Waals surface area contributed by atoms with Gasteiger partial charge in [-0.25, -0.2) is 4.52 Å². The van der Waals surface area contributed by atoms with E-state index in [1.165, 1.54) is 0 Å². The minimum atomic E-state index is -1.78. The maximum atomic E-state index is 5.29. The quantitative estimate of drug-likeness (QED) is 0.569. The van der Waals surface area contributed by atoms with Gasteiger partial charge in [0.15, 0.2) is 8.24 Å². The van der Waals surface area contributed by atoms with E-state index in [1.807, 2.05) is 0 Å². The van der Waals surface area contributed by atoms with Crippen LogP contribution in [-0.2, 0) is 0 Å². The summed E-state index contributed by atoms with van der Waals surface area (Å²) in [5.41, 5.74) is 0.